The molecule has 0 bridgehead atoms. The van der Waals surface area contributed by atoms with Crippen LogP contribution >= 0.6 is 12.2 Å². The molecule has 0 saturated carbocycles. The fourth-order valence-electron chi connectivity index (χ4n) is 1.85. The predicted octanol–water partition coefficient (Wildman–Crippen LogP) is 0.574. The van der Waals surface area contributed by atoms with Gasteiger partial charge in [0.25, 0.3) is 5.91 Å². The van der Waals surface area contributed by atoms with Crippen molar-refractivity contribution in [2.45, 2.75) is 6.04 Å². The van der Waals surface area contributed by atoms with Crippen molar-refractivity contribution in [3.05, 3.63) is 29.8 Å². The third-order valence-electron chi connectivity index (χ3n) is 2.79. The smallest absolute Gasteiger partial charge is 0.325 e. The maximum atomic E-state index is 12.1. The van der Waals surface area contributed by atoms with Gasteiger partial charge in [0.1, 0.15) is 11.8 Å². The number of urea groups is 1. The molecule has 3 amide bonds. The van der Waals surface area contributed by atoms with Crippen LogP contribution in [0.4, 0.5) is 4.79 Å². The average molecular weight is 279 g/mol. The maximum absolute atomic E-state index is 12.1. The van der Waals surface area contributed by atoms with Gasteiger partial charge in [0.2, 0.25) is 0 Å². The summed E-state index contributed by atoms with van der Waals surface area (Å²) in [7, 11) is 1.56. The van der Waals surface area contributed by atoms with Crippen LogP contribution in [-0.2, 0) is 4.79 Å². The van der Waals surface area contributed by atoms with E-state index in [1.54, 1.807) is 31.4 Å². The van der Waals surface area contributed by atoms with E-state index in [1.165, 1.54) is 0 Å². The number of carbonyl (C=O) groups is 2. The summed E-state index contributed by atoms with van der Waals surface area (Å²) in [5.41, 5.74) is 6.04. The Kier molecular flexibility index (Phi) is 3.66. The lowest BCUT2D eigenvalue weighted by atomic mass is 10.1. The molecule has 1 aliphatic heterocycles. The minimum Gasteiger partial charge on any atom is -0.497 e. The summed E-state index contributed by atoms with van der Waals surface area (Å²) in [6.45, 7) is -0.0490. The molecule has 100 valence electrons. The molecule has 1 aliphatic rings. The Morgan fingerprint density at radius 3 is 2.58 bits per heavy atom. The minimum absolute atomic E-state index is 0.0490. The number of nitrogens with one attached hydrogen (secondary N) is 1. The van der Waals surface area contributed by atoms with E-state index in [-0.39, 0.29) is 17.4 Å². The lowest BCUT2D eigenvalue weighted by Crippen LogP contribution is -2.37. The zero-order chi connectivity index (χ0) is 14.0. The molecule has 2 rings (SSSR count). The molecular formula is C12H13N3O3S. The number of methoxy groups -OCH3 is 1. The number of imide groups is 1. The van der Waals surface area contributed by atoms with Crippen molar-refractivity contribution in [3.63, 3.8) is 0 Å². The molecule has 1 heterocycles. The van der Waals surface area contributed by atoms with Crippen LogP contribution in [0.25, 0.3) is 0 Å². The molecule has 6 nitrogen and oxygen atoms in total. The molecular weight excluding hydrogens is 266 g/mol. The van der Waals surface area contributed by atoms with E-state index >= 15 is 0 Å². The first kappa shape index (κ1) is 13.3. The molecule has 0 aliphatic carbocycles. The lowest BCUT2D eigenvalue weighted by Gasteiger charge is -2.12. The Bertz CT molecular complexity index is 530. The van der Waals surface area contributed by atoms with Crippen LogP contribution in [0.3, 0.4) is 0 Å². The summed E-state index contributed by atoms with van der Waals surface area (Å²) in [6, 6.07) is 5.72. The summed E-state index contributed by atoms with van der Waals surface area (Å²) in [4.78, 5) is 24.9. The van der Waals surface area contributed by atoms with Crippen molar-refractivity contribution in [2.24, 2.45) is 5.73 Å². The van der Waals surface area contributed by atoms with Crippen molar-refractivity contribution in [3.8, 4) is 5.75 Å². The number of carbonyl (C=O) groups excluding carboxylic acids is 2. The maximum Gasteiger partial charge on any atom is 0.325 e. The third kappa shape index (κ3) is 2.65. The third-order valence-corrected chi connectivity index (χ3v) is 2.92. The van der Waals surface area contributed by atoms with E-state index in [0.29, 0.717) is 11.3 Å². The van der Waals surface area contributed by atoms with Gasteiger partial charge in [-0.25, -0.2) is 4.79 Å². The first-order valence-electron chi connectivity index (χ1n) is 5.57. The number of nitrogens with zero attached hydrogens (tertiary/aromatic N) is 1. The molecule has 1 saturated heterocycles. The number of hydrogen-bond donors (Lipinski definition) is 2. The summed E-state index contributed by atoms with van der Waals surface area (Å²) in [5, 5.41) is 2.59. The molecule has 19 heavy (non-hydrogen) atoms. The molecule has 1 atom stereocenters. The van der Waals surface area contributed by atoms with E-state index in [1.807, 2.05) is 0 Å². The van der Waals surface area contributed by atoms with E-state index < -0.39 is 12.1 Å². The standard InChI is InChI=1S/C12H13N3O3S/c1-18-8-4-2-7(3-5-8)10-11(16)15(6-9(13)19)12(17)14-10/h2-5,10H,6H2,1H3,(H2,13,19)(H,14,17). The number of rotatable bonds is 4. The van der Waals surface area contributed by atoms with Gasteiger partial charge in [-0.1, -0.05) is 24.4 Å². The van der Waals surface area contributed by atoms with Crippen molar-refractivity contribution in [1.29, 1.82) is 0 Å². The number of benzene rings is 1. The Balaban J connectivity index is 2.19. The highest BCUT2D eigenvalue weighted by atomic mass is 32.1. The van der Waals surface area contributed by atoms with Crippen molar-refractivity contribution in [1.82, 2.24) is 10.2 Å². The van der Waals surface area contributed by atoms with Gasteiger partial charge in [0.15, 0.2) is 0 Å². The number of thiocarbonyl (C=S) groups is 1. The molecule has 1 aromatic carbocycles. The van der Waals surface area contributed by atoms with Gasteiger partial charge in [0.05, 0.1) is 18.6 Å². The summed E-state index contributed by atoms with van der Waals surface area (Å²) in [6.07, 6.45) is 0. The largest absolute Gasteiger partial charge is 0.497 e. The van der Waals surface area contributed by atoms with Gasteiger partial charge in [0, 0.05) is 0 Å². The van der Waals surface area contributed by atoms with Crippen LogP contribution in [0.15, 0.2) is 24.3 Å². The number of nitrogens with two attached hydrogens (primary N) is 1. The monoisotopic (exact) mass is 279 g/mol. The second-order valence-corrected chi connectivity index (χ2v) is 4.57. The van der Waals surface area contributed by atoms with E-state index in [4.69, 9.17) is 22.7 Å². The number of amides is 3. The molecule has 0 aromatic heterocycles. The van der Waals surface area contributed by atoms with E-state index in [9.17, 15) is 9.59 Å². The second-order valence-electron chi connectivity index (χ2n) is 4.05. The molecule has 1 unspecified atom stereocenters. The fraction of sp³-hybridized carbons (Fsp3) is 0.250. The first-order chi connectivity index (χ1) is 9.02. The molecule has 0 spiro atoms. The number of ether oxygens (including phenoxy) is 1. The predicted molar refractivity (Wildman–Crippen MR) is 72.8 cm³/mol. The summed E-state index contributed by atoms with van der Waals surface area (Å²) >= 11 is 4.71. The van der Waals surface area contributed by atoms with Crippen molar-refractivity contribution in [2.75, 3.05) is 13.7 Å². The van der Waals surface area contributed by atoms with E-state index in [2.05, 4.69) is 5.32 Å². The van der Waals surface area contributed by atoms with Gasteiger partial charge in [-0.3, -0.25) is 9.69 Å². The average Bonchev–Trinajstić information content (AvgIpc) is 2.66. The zero-order valence-electron chi connectivity index (χ0n) is 10.3. The van der Waals surface area contributed by atoms with Crippen LogP contribution in [0.2, 0.25) is 0 Å². The summed E-state index contributed by atoms with van der Waals surface area (Å²) < 4.78 is 5.04. The van der Waals surface area contributed by atoms with Crippen molar-refractivity contribution < 1.29 is 14.3 Å². The van der Waals surface area contributed by atoms with Crippen LogP contribution in [0.5, 0.6) is 5.75 Å². The molecule has 7 heteroatoms. The van der Waals surface area contributed by atoms with E-state index in [0.717, 1.165) is 4.90 Å². The van der Waals surface area contributed by atoms with Crippen LogP contribution in [-0.4, -0.2) is 35.5 Å². The highest BCUT2D eigenvalue weighted by Crippen LogP contribution is 2.23. The Morgan fingerprint density at radius 2 is 2.05 bits per heavy atom. The lowest BCUT2D eigenvalue weighted by molar-refractivity contribution is -0.127. The van der Waals surface area contributed by atoms with Gasteiger partial charge >= 0.3 is 6.03 Å². The molecule has 1 fully saturated rings. The summed E-state index contributed by atoms with van der Waals surface area (Å²) in [5.74, 6) is 0.323. The Hall–Kier alpha value is -2.15. The number of hydrogen-bond acceptors (Lipinski definition) is 4. The highest BCUT2D eigenvalue weighted by Gasteiger charge is 2.38. The molecule has 0 radical (unpaired) electrons. The fourth-order valence-corrected chi connectivity index (χ4v) is 1.98. The van der Waals surface area contributed by atoms with Crippen LogP contribution in [0, 0.1) is 0 Å². The second kappa shape index (κ2) is 5.23. The topological polar surface area (TPSA) is 84.7 Å². The first-order valence-corrected chi connectivity index (χ1v) is 5.98. The van der Waals surface area contributed by atoms with Gasteiger partial charge in [-0.15, -0.1) is 0 Å². The normalized spacial score (nSPS) is 18.4. The van der Waals surface area contributed by atoms with Crippen molar-refractivity contribution >= 4 is 29.1 Å². The van der Waals surface area contributed by atoms with Gasteiger partial charge < -0.3 is 15.8 Å². The molecule has 3 N–H and O–H groups in total. The minimum atomic E-state index is -0.701. The zero-order valence-corrected chi connectivity index (χ0v) is 11.1. The van der Waals surface area contributed by atoms with Gasteiger partial charge in [-0.2, -0.15) is 0 Å². The Morgan fingerprint density at radius 1 is 1.42 bits per heavy atom. The SMILES string of the molecule is COc1ccc(C2NC(=O)N(CC(N)=S)C2=O)cc1. The molecule has 1 aromatic rings. The quantitative estimate of drug-likeness (QED) is 0.622. The van der Waals surface area contributed by atoms with Gasteiger partial charge in [-0.05, 0) is 17.7 Å². The van der Waals surface area contributed by atoms with Crippen LogP contribution in [0.1, 0.15) is 11.6 Å². The highest BCUT2D eigenvalue weighted by molar-refractivity contribution is 7.80. The van der Waals surface area contributed by atoms with Crippen LogP contribution < -0.4 is 15.8 Å². The Labute approximate surface area is 115 Å².